The van der Waals surface area contributed by atoms with E-state index in [4.69, 9.17) is 0 Å². The van der Waals surface area contributed by atoms with Gasteiger partial charge in [0.2, 0.25) is 10.0 Å². The van der Waals surface area contributed by atoms with Crippen LogP contribution in [0.1, 0.15) is 39.2 Å². The van der Waals surface area contributed by atoms with Gasteiger partial charge in [-0.05, 0) is 37.6 Å². The molecule has 0 aliphatic rings. The maximum atomic E-state index is 11.7. The molecule has 1 rings (SSSR count). The van der Waals surface area contributed by atoms with Crippen molar-refractivity contribution in [3.8, 4) is 0 Å². The second-order valence-electron chi connectivity index (χ2n) is 5.61. The van der Waals surface area contributed by atoms with Crippen LogP contribution in [-0.2, 0) is 16.6 Å². The predicted molar refractivity (Wildman–Crippen MR) is 99.6 cm³/mol. The van der Waals surface area contributed by atoms with E-state index < -0.39 is 10.0 Å². The van der Waals surface area contributed by atoms with Crippen LogP contribution in [0.25, 0.3) is 0 Å². The molecule has 0 radical (unpaired) electrons. The number of hydrogen-bond donors (Lipinski definition) is 3. The van der Waals surface area contributed by atoms with Crippen LogP contribution in [0, 0.1) is 5.92 Å². The molecule has 0 spiro atoms. The van der Waals surface area contributed by atoms with Gasteiger partial charge in [0.15, 0.2) is 5.96 Å². The highest BCUT2D eigenvalue weighted by Crippen LogP contribution is 2.11. The number of benzene rings is 1. The number of hydrogen-bond acceptors (Lipinski definition) is 3. The molecule has 7 heteroatoms. The van der Waals surface area contributed by atoms with Gasteiger partial charge in [0, 0.05) is 13.1 Å². The minimum absolute atomic E-state index is 0.261. The first kappa shape index (κ1) is 20.4. The number of aliphatic imine (C=N–C) groups is 1. The molecule has 136 valence electrons. The lowest BCUT2D eigenvalue weighted by Crippen LogP contribution is -2.39. The van der Waals surface area contributed by atoms with Gasteiger partial charge in [0.05, 0.1) is 11.4 Å². The number of rotatable bonds is 9. The molecule has 0 amide bonds. The highest BCUT2D eigenvalue weighted by molar-refractivity contribution is 7.89. The molecule has 0 heterocycles. The van der Waals surface area contributed by atoms with E-state index in [1.54, 1.807) is 24.3 Å². The third-order valence-electron chi connectivity index (χ3n) is 3.98. The monoisotopic (exact) mass is 354 g/mol. The smallest absolute Gasteiger partial charge is 0.240 e. The van der Waals surface area contributed by atoms with Crippen molar-refractivity contribution in [2.45, 2.75) is 45.1 Å². The summed E-state index contributed by atoms with van der Waals surface area (Å²) in [6, 6.07) is 6.78. The lowest BCUT2D eigenvalue weighted by molar-refractivity contribution is 0.481. The van der Waals surface area contributed by atoms with Gasteiger partial charge >= 0.3 is 0 Å². The Kier molecular flexibility index (Phi) is 8.78. The van der Waals surface area contributed by atoms with Crippen molar-refractivity contribution in [3.05, 3.63) is 29.8 Å². The topological polar surface area (TPSA) is 82.6 Å². The maximum absolute atomic E-state index is 11.7. The van der Waals surface area contributed by atoms with Gasteiger partial charge in [-0.15, -0.1) is 0 Å². The molecule has 0 atom stereocenters. The van der Waals surface area contributed by atoms with Gasteiger partial charge in [0.1, 0.15) is 0 Å². The van der Waals surface area contributed by atoms with Gasteiger partial charge in [-0.3, -0.25) is 0 Å². The summed E-state index contributed by atoms with van der Waals surface area (Å²) in [7, 11) is -1.98. The van der Waals surface area contributed by atoms with E-state index in [0.717, 1.165) is 37.5 Å². The van der Waals surface area contributed by atoms with Crippen LogP contribution in [0.5, 0.6) is 0 Å². The van der Waals surface area contributed by atoms with E-state index in [0.29, 0.717) is 12.5 Å². The summed E-state index contributed by atoms with van der Waals surface area (Å²) >= 11 is 0. The Hall–Kier alpha value is -1.60. The standard InChI is InChI=1S/C17H30N4O2S/c1-5-14(6-2)12-20-17(19-7-3)21-13-15-8-10-16(11-9-15)24(22,23)18-4/h8-11,14,18H,5-7,12-13H2,1-4H3,(H2,19,20,21). The molecule has 0 aliphatic heterocycles. The Morgan fingerprint density at radius 3 is 2.21 bits per heavy atom. The van der Waals surface area contributed by atoms with Gasteiger partial charge in [-0.1, -0.05) is 38.8 Å². The third kappa shape index (κ3) is 6.49. The molecule has 0 saturated heterocycles. The lowest BCUT2D eigenvalue weighted by Gasteiger charge is -2.16. The first-order valence-electron chi connectivity index (χ1n) is 8.51. The summed E-state index contributed by atoms with van der Waals surface area (Å²) in [5.74, 6) is 1.43. The van der Waals surface area contributed by atoms with E-state index in [-0.39, 0.29) is 4.90 Å². The molecule has 0 aliphatic carbocycles. The summed E-state index contributed by atoms with van der Waals surface area (Å²) in [6.45, 7) is 8.62. The molecule has 0 bridgehead atoms. The lowest BCUT2D eigenvalue weighted by atomic mass is 10.0. The van der Waals surface area contributed by atoms with E-state index in [9.17, 15) is 8.42 Å². The zero-order valence-electron chi connectivity index (χ0n) is 15.1. The van der Waals surface area contributed by atoms with Gasteiger partial charge in [-0.2, -0.15) is 0 Å². The van der Waals surface area contributed by atoms with Gasteiger partial charge in [0.25, 0.3) is 0 Å². The molecule has 0 saturated carbocycles. The van der Waals surface area contributed by atoms with Crippen LogP contribution >= 0.6 is 0 Å². The van der Waals surface area contributed by atoms with Crippen molar-refractivity contribution < 1.29 is 8.42 Å². The third-order valence-corrected chi connectivity index (χ3v) is 5.41. The van der Waals surface area contributed by atoms with E-state index in [2.05, 4.69) is 34.2 Å². The fourth-order valence-electron chi connectivity index (χ4n) is 2.22. The van der Waals surface area contributed by atoms with Crippen LogP contribution in [0.3, 0.4) is 0 Å². The molecule has 3 N–H and O–H groups in total. The minimum Gasteiger partial charge on any atom is -0.357 e. The summed E-state index contributed by atoms with van der Waals surface area (Å²) < 4.78 is 25.7. The Bertz CT molecular complexity index is 608. The fourth-order valence-corrected chi connectivity index (χ4v) is 2.95. The maximum Gasteiger partial charge on any atom is 0.240 e. The average Bonchev–Trinajstić information content (AvgIpc) is 2.60. The van der Waals surface area contributed by atoms with Crippen LogP contribution in [0.15, 0.2) is 34.2 Å². The molecule has 6 nitrogen and oxygen atoms in total. The predicted octanol–water partition coefficient (Wildman–Crippen LogP) is 2.09. The SMILES string of the molecule is CCNC(=NCc1ccc(S(=O)(=O)NC)cc1)NCC(CC)CC. The fraction of sp³-hybridized carbons (Fsp3) is 0.588. The van der Waals surface area contributed by atoms with Crippen LogP contribution in [0.2, 0.25) is 0 Å². The minimum atomic E-state index is -3.39. The summed E-state index contributed by atoms with van der Waals surface area (Å²) in [6.07, 6.45) is 2.29. The van der Waals surface area contributed by atoms with Gasteiger partial charge < -0.3 is 10.6 Å². The van der Waals surface area contributed by atoms with Crippen molar-refractivity contribution in [1.82, 2.24) is 15.4 Å². The average molecular weight is 355 g/mol. The molecule has 0 fully saturated rings. The van der Waals surface area contributed by atoms with Crippen molar-refractivity contribution in [2.75, 3.05) is 20.1 Å². The zero-order valence-corrected chi connectivity index (χ0v) is 15.9. The second-order valence-corrected chi connectivity index (χ2v) is 7.50. The van der Waals surface area contributed by atoms with E-state index in [1.165, 1.54) is 7.05 Å². The van der Waals surface area contributed by atoms with E-state index >= 15 is 0 Å². The molecular formula is C17H30N4O2S. The first-order chi connectivity index (χ1) is 11.5. The number of sulfonamides is 1. The normalized spacial score (nSPS) is 12.5. The molecular weight excluding hydrogens is 324 g/mol. The molecule has 0 unspecified atom stereocenters. The van der Waals surface area contributed by atoms with E-state index in [1.807, 2.05) is 6.92 Å². The van der Waals surface area contributed by atoms with Crippen molar-refractivity contribution in [3.63, 3.8) is 0 Å². The Balaban J connectivity index is 2.72. The Labute approximate surface area is 146 Å². The molecule has 1 aromatic carbocycles. The molecule has 24 heavy (non-hydrogen) atoms. The number of nitrogens with zero attached hydrogens (tertiary/aromatic N) is 1. The van der Waals surface area contributed by atoms with Crippen LogP contribution in [-0.4, -0.2) is 34.5 Å². The number of nitrogens with one attached hydrogen (secondary N) is 3. The Morgan fingerprint density at radius 1 is 1.08 bits per heavy atom. The van der Waals surface area contributed by atoms with Gasteiger partial charge in [-0.25, -0.2) is 18.1 Å². The van der Waals surface area contributed by atoms with Crippen molar-refractivity contribution in [2.24, 2.45) is 10.9 Å². The summed E-state index contributed by atoms with van der Waals surface area (Å²) in [4.78, 5) is 4.83. The van der Waals surface area contributed by atoms with Crippen LogP contribution in [0.4, 0.5) is 0 Å². The van der Waals surface area contributed by atoms with Crippen LogP contribution < -0.4 is 15.4 Å². The zero-order chi connectivity index (χ0) is 18.0. The Morgan fingerprint density at radius 2 is 1.71 bits per heavy atom. The highest BCUT2D eigenvalue weighted by Gasteiger charge is 2.10. The second kappa shape index (κ2) is 10.3. The largest absolute Gasteiger partial charge is 0.357 e. The quantitative estimate of drug-likeness (QED) is 0.468. The summed E-state index contributed by atoms with van der Waals surface area (Å²) in [5.41, 5.74) is 0.963. The first-order valence-corrected chi connectivity index (χ1v) is 9.99. The van der Waals surface area contributed by atoms with Crippen molar-refractivity contribution in [1.29, 1.82) is 0 Å². The molecule has 0 aromatic heterocycles. The highest BCUT2D eigenvalue weighted by atomic mass is 32.2. The number of guanidine groups is 1. The molecule has 1 aromatic rings. The van der Waals surface area contributed by atoms with Crippen molar-refractivity contribution >= 4 is 16.0 Å². The summed E-state index contributed by atoms with van der Waals surface area (Å²) in [5, 5.41) is 6.60.